The van der Waals surface area contributed by atoms with Crippen molar-refractivity contribution in [3.05, 3.63) is 15.0 Å². The van der Waals surface area contributed by atoms with Crippen molar-refractivity contribution in [2.45, 2.75) is 25.9 Å². The number of fused-ring (bicyclic) bond motifs is 1. The Kier molecular flexibility index (Phi) is 1.51. The smallest absolute Gasteiger partial charge is 0.127 e. The molecule has 0 spiro atoms. The Hall–Kier alpha value is -0.100. The van der Waals surface area contributed by atoms with E-state index in [9.17, 15) is 0 Å². The molecule has 60 valence electrons. The molecule has 2 rings (SSSR count). The fourth-order valence-electron chi connectivity index (χ4n) is 1.42. The lowest BCUT2D eigenvalue weighted by molar-refractivity contribution is 0.428. The number of aromatic amines is 1. The molecular formula is C7H10IN3. The van der Waals surface area contributed by atoms with Gasteiger partial charge in [-0.15, -0.1) is 0 Å². The highest BCUT2D eigenvalue weighted by atomic mass is 127. The number of rotatable bonds is 0. The van der Waals surface area contributed by atoms with Crippen LogP contribution in [0.15, 0.2) is 0 Å². The fourth-order valence-corrected chi connectivity index (χ4v) is 2.00. The topological polar surface area (TPSA) is 40.7 Å². The summed E-state index contributed by atoms with van der Waals surface area (Å²) in [5.74, 6) is 0. The van der Waals surface area contributed by atoms with Gasteiger partial charge >= 0.3 is 0 Å². The highest BCUT2D eigenvalue weighted by Crippen LogP contribution is 2.30. The third-order valence-corrected chi connectivity index (χ3v) is 3.04. The Morgan fingerprint density at radius 3 is 2.91 bits per heavy atom. The Bertz CT molecular complexity index is 290. The average Bonchev–Trinajstić information content (AvgIpc) is 2.39. The molecule has 1 aromatic heterocycles. The van der Waals surface area contributed by atoms with E-state index < -0.39 is 0 Å². The SMILES string of the molecule is CC1(C)NCc2c(I)n[nH]c21. The molecular weight excluding hydrogens is 253 g/mol. The van der Waals surface area contributed by atoms with Crippen molar-refractivity contribution < 1.29 is 0 Å². The fraction of sp³-hybridized carbons (Fsp3) is 0.571. The lowest BCUT2D eigenvalue weighted by Crippen LogP contribution is -2.29. The average molecular weight is 263 g/mol. The van der Waals surface area contributed by atoms with E-state index in [1.54, 1.807) is 0 Å². The Labute approximate surface area is 79.1 Å². The van der Waals surface area contributed by atoms with Crippen LogP contribution in [0.2, 0.25) is 0 Å². The molecule has 1 aliphatic heterocycles. The molecule has 0 unspecified atom stereocenters. The number of H-pyrrole nitrogens is 1. The monoisotopic (exact) mass is 263 g/mol. The maximum Gasteiger partial charge on any atom is 0.127 e. The Morgan fingerprint density at radius 2 is 2.27 bits per heavy atom. The lowest BCUT2D eigenvalue weighted by Gasteiger charge is -2.17. The molecule has 2 heterocycles. The van der Waals surface area contributed by atoms with Crippen molar-refractivity contribution in [3.63, 3.8) is 0 Å². The van der Waals surface area contributed by atoms with Gasteiger partial charge in [-0.1, -0.05) is 0 Å². The van der Waals surface area contributed by atoms with Crippen LogP contribution in [0.5, 0.6) is 0 Å². The second-order valence-corrected chi connectivity index (χ2v) is 4.37. The van der Waals surface area contributed by atoms with Gasteiger partial charge in [0.2, 0.25) is 0 Å². The van der Waals surface area contributed by atoms with Crippen molar-refractivity contribution in [2.75, 3.05) is 0 Å². The number of nitrogens with zero attached hydrogens (tertiary/aromatic N) is 1. The Balaban J connectivity index is 2.57. The van der Waals surface area contributed by atoms with Crippen LogP contribution in [0.3, 0.4) is 0 Å². The summed E-state index contributed by atoms with van der Waals surface area (Å²) >= 11 is 2.26. The maximum atomic E-state index is 4.16. The molecule has 11 heavy (non-hydrogen) atoms. The van der Waals surface area contributed by atoms with Crippen molar-refractivity contribution in [1.29, 1.82) is 0 Å². The molecule has 4 heteroatoms. The van der Waals surface area contributed by atoms with Crippen LogP contribution >= 0.6 is 22.6 Å². The standard InChI is InChI=1S/C7H10IN3/c1-7(2)5-4(3-9-7)6(8)11-10-5/h9H,3H2,1-2H3,(H,10,11). The molecule has 0 aromatic carbocycles. The largest absolute Gasteiger partial charge is 0.302 e. The van der Waals surface area contributed by atoms with Gasteiger partial charge in [0.15, 0.2) is 0 Å². The third-order valence-electron chi connectivity index (χ3n) is 2.15. The van der Waals surface area contributed by atoms with Gasteiger partial charge in [-0.2, -0.15) is 5.10 Å². The first kappa shape index (κ1) is 7.54. The molecule has 0 saturated heterocycles. The van der Waals surface area contributed by atoms with E-state index in [1.807, 2.05) is 0 Å². The molecule has 1 aromatic rings. The minimum absolute atomic E-state index is 0.0752. The van der Waals surface area contributed by atoms with E-state index in [2.05, 4.69) is 52.0 Å². The van der Waals surface area contributed by atoms with Crippen LogP contribution in [0, 0.1) is 3.70 Å². The number of hydrogen-bond acceptors (Lipinski definition) is 2. The summed E-state index contributed by atoms with van der Waals surface area (Å²) in [6.07, 6.45) is 0. The molecule has 0 aliphatic carbocycles. The van der Waals surface area contributed by atoms with Crippen molar-refractivity contribution >= 4 is 22.6 Å². The zero-order valence-electron chi connectivity index (χ0n) is 6.53. The zero-order chi connectivity index (χ0) is 8.06. The van der Waals surface area contributed by atoms with Gasteiger partial charge < -0.3 is 5.32 Å². The summed E-state index contributed by atoms with van der Waals surface area (Å²) in [6.45, 7) is 5.26. The number of hydrogen-bond donors (Lipinski definition) is 2. The van der Waals surface area contributed by atoms with E-state index >= 15 is 0 Å². The molecule has 0 bridgehead atoms. The molecule has 0 atom stereocenters. The molecule has 0 radical (unpaired) electrons. The second kappa shape index (κ2) is 2.20. The van der Waals surface area contributed by atoms with Gasteiger partial charge in [-0.05, 0) is 36.4 Å². The van der Waals surface area contributed by atoms with E-state index in [0.717, 1.165) is 10.2 Å². The highest BCUT2D eigenvalue weighted by molar-refractivity contribution is 14.1. The summed E-state index contributed by atoms with van der Waals surface area (Å²) in [5.41, 5.74) is 2.64. The number of nitrogens with one attached hydrogen (secondary N) is 2. The second-order valence-electron chi connectivity index (χ2n) is 3.35. The lowest BCUT2D eigenvalue weighted by atomic mass is 10.0. The van der Waals surface area contributed by atoms with E-state index in [1.165, 1.54) is 11.3 Å². The summed E-state index contributed by atoms with van der Waals surface area (Å²) in [4.78, 5) is 0. The predicted molar refractivity (Wildman–Crippen MR) is 51.2 cm³/mol. The summed E-state index contributed by atoms with van der Waals surface area (Å²) in [7, 11) is 0. The van der Waals surface area contributed by atoms with E-state index in [-0.39, 0.29) is 5.54 Å². The quantitative estimate of drug-likeness (QED) is 0.694. The van der Waals surface area contributed by atoms with Gasteiger partial charge in [0.1, 0.15) is 3.70 Å². The van der Waals surface area contributed by atoms with Crippen molar-refractivity contribution in [3.8, 4) is 0 Å². The normalized spacial score (nSPS) is 20.3. The predicted octanol–water partition coefficient (Wildman–Crippen LogP) is 1.35. The first-order chi connectivity index (χ1) is 5.11. The molecule has 1 aliphatic rings. The van der Waals surface area contributed by atoms with Gasteiger partial charge in [0.25, 0.3) is 0 Å². The van der Waals surface area contributed by atoms with E-state index in [0.29, 0.717) is 0 Å². The maximum absolute atomic E-state index is 4.16. The van der Waals surface area contributed by atoms with Gasteiger partial charge in [0, 0.05) is 12.1 Å². The highest BCUT2D eigenvalue weighted by Gasteiger charge is 2.32. The summed E-state index contributed by atoms with van der Waals surface area (Å²) < 4.78 is 1.09. The van der Waals surface area contributed by atoms with E-state index in [4.69, 9.17) is 0 Å². The van der Waals surface area contributed by atoms with Crippen LogP contribution < -0.4 is 5.32 Å². The van der Waals surface area contributed by atoms with Gasteiger partial charge in [0.05, 0.1) is 11.2 Å². The van der Waals surface area contributed by atoms with Crippen LogP contribution in [-0.2, 0) is 12.1 Å². The van der Waals surface area contributed by atoms with Crippen LogP contribution in [0.25, 0.3) is 0 Å². The Morgan fingerprint density at radius 1 is 1.55 bits per heavy atom. The van der Waals surface area contributed by atoms with Gasteiger partial charge in [-0.3, -0.25) is 5.10 Å². The first-order valence-electron chi connectivity index (χ1n) is 3.59. The summed E-state index contributed by atoms with van der Waals surface area (Å²) in [5, 5.41) is 10.6. The first-order valence-corrected chi connectivity index (χ1v) is 4.67. The minimum Gasteiger partial charge on any atom is -0.302 e. The molecule has 2 N–H and O–H groups in total. The zero-order valence-corrected chi connectivity index (χ0v) is 8.69. The van der Waals surface area contributed by atoms with Crippen LogP contribution in [-0.4, -0.2) is 10.2 Å². The molecule has 3 nitrogen and oxygen atoms in total. The van der Waals surface area contributed by atoms with Crippen molar-refractivity contribution in [1.82, 2.24) is 15.5 Å². The van der Waals surface area contributed by atoms with Crippen molar-refractivity contribution in [2.24, 2.45) is 0 Å². The molecule has 0 fully saturated rings. The molecule has 0 saturated carbocycles. The third kappa shape index (κ3) is 0.997. The number of halogens is 1. The van der Waals surface area contributed by atoms with Crippen LogP contribution in [0.4, 0.5) is 0 Å². The summed E-state index contributed by atoms with van der Waals surface area (Å²) in [6, 6.07) is 0. The van der Waals surface area contributed by atoms with Gasteiger partial charge in [-0.25, -0.2) is 0 Å². The van der Waals surface area contributed by atoms with Crippen LogP contribution in [0.1, 0.15) is 25.1 Å². The molecule has 0 amide bonds. The minimum atomic E-state index is 0.0752. The number of aromatic nitrogens is 2.